The molecule has 0 spiro atoms. The van der Waals surface area contributed by atoms with Gasteiger partial charge in [0.25, 0.3) is 0 Å². The average molecular weight is 244 g/mol. The molecule has 2 N–H and O–H groups in total. The molecule has 17 heavy (non-hydrogen) atoms. The van der Waals surface area contributed by atoms with Gasteiger partial charge in [0.15, 0.2) is 0 Å². The first-order valence-electron chi connectivity index (χ1n) is 6.89. The molecule has 0 aliphatic heterocycles. The Morgan fingerprint density at radius 1 is 1.47 bits per heavy atom. The van der Waals surface area contributed by atoms with E-state index in [1.165, 1.54) is 25.7 Å². The fourth-order valence-corrected chi connectivity index (χ4v) is 2.00. The van der Waals surface area contributed by atoms with E-state index < -0.39 is 0 Å². The summed E-state index contributed by atoms with van der Waals surface area (Å²) in [6.45, 7) is 6.34. The largest absolute Gasteiger partial charge is 0.390 e. The molecule has 102 valence electrons. The second-order valence-corrected chi connectivity index (χ2v) is 4.93. The van der Waals surface area contributed by atoms with E-state index in [-0.39, 0.29) is 6.10 Å². The number of aliphatic hydroxyl groups excluding tert-OH is 1. The van der Waals surface area contributed by atoms with Crippen LogP contribution in [0.25, 0.3) is 0 Å². The molecule has 1 saturated carbocycles. The molecule has 4 heteroatoms. The third-order valence-corrected chi connectivity index (χ3v) is 3.17. The third-order valence-electron chi connectivity index (χ3n) is 3.17. The van der Waals surface area contributed by atoms with Crippen molar-refractivity contribution >= 4 is 0 Å². The summed E-state index contributed by atoms with van der Waals surface area (Å²) in [4.78, 5) is 2.45. The van der Waals surface area contributed by atoms with Gasteiger partial charge in [-0.2, -0.15) is 0 Å². The van der Waals surface area contributed by atoms with Gasteiger partial charge in [-0.05, 0) is 25.8 Å². The van der Waals surface area contributed by atoms with E-state index in [2.05, 4.69) is 17.1 Å². The van der Waals surface area contributed by atoms with Crippen molar-refractivity contribution in [1.82, 2.24) is 10.2 Å². The summed E-state index contributed by atoms with van der Waals surface area (Å²) in [6.07, 6.45) is 4.83. The second kappa shape index (κ2) is 8.86. The standard InChI is InChI=1S/C13H28N2O2/c1-3-4-8-15(12-5-6-12)11-13(16)10-14-7-9-17-2/h12-14,16H,3-11H2,1-2H3. The second-order valence-electron chi connectivity index (χ2n) is 4.93. The fraction of sp³-hybridized carbons (Fsp3) is 1.00. The molecule has 0 saturated heterocycles. The van der Waals surface area contributed by atoms with Crippen LogP contribution in [0.15, 0.2) is 0 Å². The third kappa shape index (κ3) is 6.99. The van der Waals surface area contributed by atoms with E-state index in [0.717, 1.165) is 25.7 Å². The lowest BCUT2D eigenvalue weighted by atomic mass is 10.2. The summed E-state index contributed by atoms with van der Waals surface area (Å²) in [5.41, 5.74) is 0. The van der Waals surface area contributed by atoms with Gasteiger partial charge in [0.05, 0.1) is 12.7 Å². The highest BCUT2D eigenvalue weighted by Gasteiger charge is 2.29. The molecule has 0 radical (unpaired) electrons. The van der Waals surface area contributed by atoms with Gasteiger partial charge >= 0.3 is 0 Å². The van der Waals surface area contributed by atoms with Crippen LogP contribution in [0.2, 0.25) is 0 Å². The predicted molar refractivity (Wildman–Crippen MR) is 70.3 cm³/mol. The number of hydrogen-bond donors (Lipinski definition) is 2. The molecule has 1 rings (SSSR count). The Bertz CT molecular complexity index is 186. The normalized spacial score (nSPS) is 17.6. The zero-order valence-electron chi connectivity index (χ0n) is 11.3. The Morgan fingerprint density at radius 3 is 2.82 bits per heavy atom. The summed E-state index contributed by atoms with van der Waals surface area (Å²) in [5.74, 6) is 0. The number of aliphatic hydroxyl groups is 1. The van der Waals surface area contributed by atoms with Crippen molar-refractivity contribution in [3.05, 3.63) is 0 Å². The molecule has 1 atom stereocenters. The van der Waals surface area contributed by atoms with Crippen LogP contribution in [-0.2, 0) is 4.74 Å². The molecule has 1 unspecified atom stereocenters. The number of nitrogens with one attached hydrogen (secondary N) is 1. The summed E-state index contributed by atoms with van der Waals surface area (Å²) < 4.78 is 4.95. The van der Waals surface area contributed by atoms with E-state index >= 15 is 0 Å². The Labute approximate surface area is 105 Å². The van der Waals surface area contributed by atoms with Gasteiger partial charge in [0.1, 0.15) is 0 Å². The maximum atomic E-state index is 9.95. The molecular formula is C13H28N2O2. The van der Waals surface area contributed by atoms with Crippen molar-refractivity contribution in [3.8, 4) is 0 Å². The van der Waals surface area contributed by atoms with E-state index in [1.54, 1.807) is 7.11 Å². The molecule has 0 aromatic heterocycles. The van der Waals surface area contributed by atoms with Gasteiger partial charge in [-0.3, -0.25) is 4.90 Å². The molecule has 4 nitrogen and oxygen atoms in total. The van der Waals surface area contributed by atoms with Crippen LogP contribution in [0, 0.1) is 0 Å². The van der Waals surface area contributed by atoms with Gasteiger partial charge < -0.3 is 15.2 Å². The summed E-state index contributed by atoms with van der Waals surface area (Å²) >= 11 is 0. The summed E-state index contributed by atoms with van der Waals surface area (Å²) in [5, 5.41) is 13.2. The number of unbranched alkanes of at least 4 members (excludes halogenated alkanes) is 1. The maximum absolute atomic E-state index is 9.95. The molecule has 1 aliphatic carbocycles. The summed E-state index contributed by atoms with van der Waals surface area (Å²) in [6, 6.07) is 0.746. The maximum Gasteiger partial charge on any atom is 0.0791 e. The first kappa shape index (κ1) is 14.9. The number of nitrogens with zero attached hydrogens (tertiary/aromatic N) is 1. The first-order valence-corrected chi connectivity index (χ1v) is 6.89. The minimum atomic E-state index is -0.260. The fourth-order valence-electron chi connectivity index (χ4n) is 2.00. The van der Waals surface area contributed by atoms with Gasteiger partial charge in [-0.25, -0.2) is 0 Å². The van der Waals surface area contributed by atoms with Gasteiger partial charge in [-0.15, -0.1) is 0 Å². The van der Waals surface area contributed by atoms with Crippen LogP contribution in [-0.4, -0.2) is 62.0 Å². The van der Waals surface area contributed by atoms with E-state index in [4.69, 9.17) is 4.74 Å². The van der Waals surface area contributed by atoms with Gasteiger partial charge in [0.2, 0.25) is 0 Å². The zero-order valence-corrected chi connectivity index (χ0v) is 11.3. The smallest absolute Gasteiger partial charge is 0.0791 e. The van der Waals surface area contributed by atoms with Crippen molar-refractivity contribution in [3.63, 3.8) is 0 Å². The lowest BCUT2D eigenvalue weighted by molar-refractivity contribution is 0.103. The van der Waals surface area contributed by atoms with Crippen LogP contribution < -0.4 is 5.32 Å². The number of hydrogen-bond acceptors (Lipinski definition) is 4. The first-order chi connectivity index (χ1) is 8.27. The lowest BCUT2D eigenvalue weighted by Crippen LogP contribution is -2.40. The van der Waals surface area contributed by atoms with Gasteiger partial charge in [0, 0.05) is 32.8 Å². The highest BCUT2D eigenvalue weighted by Crippen LogP contribution is 2.27. The average Bonchev–Trinajstić information content (AvgIpc) is 3.14. The Hall–Kier alpha value is -0.160. The van der Waals surface area contributed by atoms with Crippen molar-refractivity contribution < 1.29 is 9.84 Å². The molecule has 1 aliphatic rings. The van der Waals surface area contributed by atoms with Crippen molar-refractivity contribution in [2.75, 3.05) is 39.9 Å². The number of methoxy groups -OCH3 is 1. The molecular weight excluding hydrogens is 216 g/mol. The van der Waals surface area contributed by atoms with Gasteiger partial charge in [-0.1, -0.05) is 13.3 Å². The molecule has 0 bridgehead atoms. The van der Waals surface area contributed by atoms with E-state index in [9.17, 15) is 5.11 Å². The lowest BCUT2D eigenvalue weighted by Gasteiger charge is -2.24. The monoisotopic (exact) mass is 244 g/mol. The van der Waals surface area contributed by atoms with E-state index in [0.29, 0.717) is 13.2 Å². The van der Waals surface area contributed by atoms with Crippen molar-refractivity contribution in [2.45, 2.75) is 44.8 Å². The van der Waals surface area contributed by atoms with E-state index in [1.807, 2.05) is 0 Å². The molecule has 1 fully saturated rings. The zero-order chi connectivity index (χ0) is 12.5. The van der Waals surface area contributed by atoms with Crippen LogP contribution >= 0.6 is 0 Å². The van der Waals surface area contributed by atoms with Crippen LogP contribution in [0.3, 0.4) is 0 Å². The van der Waals surface area contributed by atoms with Crippen LogP contribution in [0.5, 0.6) is 0 Å². The predicted octanol–water partition coefficient (Wildman–Crippen LogP) is 0.848. The molecule has 0 heterocycles. The number of ether oxygens (including phenoxy) is 1. The van der Waals surface area contributed by atoms with Crippen molar-refractivity contribution in [1.29, 1.82) is 0 Å². The quantitative estimate of drug-likeness (QED) is 0.529. The molecule has 0 aromatic rings. The number of rotatable bonds is 11. The Kier molecular flexibility index (Phi) is 7.77. The molecule has 0 amide bonds. The highest BCUT2D eigenvalue weighted by molar-refractivity contribution is 4.85. The highest BCUT2D eigenvalue weighted by atomic mass is 16.5. The topological polar surface area (TPSA) is 44.7 Å². The van der Waals surface area contributed by atoms with Crippen LogP contribution in [0.4, 0.5) is 0 Å². The van der Waals surface area contributed by atoms with Crippen molar-refractivity contribution in [2.24, 2.45) is 0 Å². The Balaban J connectivity index is 2.10. The minimum Gasteiger partial charge on any atom is -0.390 e. The SMILES string of the molecule is CCCCN(CC(O)CNCCOC)C1CC1. The summed E-state index contributed by atoms with van der Waals surface area (Å²) in [7, 11) is 1.69. The molecule has 0 aromatic carbocycles. The minimum absolute atomic E-state index is 0.260. The Morgan fingerprint density at radius 2 is 2.24 bits per heavy atom. The van der Waals surface area contributed by atoms with Crippen LogP contribution in [0.1, 0.15) is 32.6 Å².